The van der Waals surface area contributed by atoms with Gasteiger partial charge in [0.05, 0.1) is 0 Å². The fourth-order valence-corrected chi connectivity index (χ4v) is 3.52. The topological polar surface area (TPSA) is 45.2 Å². The van der Waals surface area contributed by atoms with E-state index in [0.717, 1.165) is 31.3 Å². The van der Waals surface area contributed by atoms with Crippen LogP contribution in [0.3, 0.4) is 0 Å². The fraction of sp³-hybridized carbons (Fsp3) is 0.526. The van der Waals surface area contributed by atoms with Gasteiger partial charge in [-0.3, -0.25) is 9.88 Å². The third-order valence-electron chi connectivity index (χ3n) is 5.10. The van der Waals surface area contributed by atoms with E-state index >= 15 is 0 Å². The number of hydrogen-bond acceptors (Lipinski definition) is 5. The predicted molar refractivity (Wildman–Crippen MR) is 95.1 cm³/mol. The monoisotopic (exact) mass is 323 g/mol. The molecule has 3 heterocycles. The summed E-state index contributed by atoms with van der Waals surface area (Å²) < 4.78 is 0. The molecule has 126 valence electrons. The summed E-state index contributed by atoms with van der Waals surface area (Å²) in [7, 11) is 2.17. The average Bonchev–Trinajstić information content (AvgIpc) is 3.34. The maximum absolute atomic E-state index is 4.79. The van der Waals surface area contributed by atoms with Gasteiger partial charge in [0.15, 0.2) is 0 Å². The van der Waals surface area contributed by atoms with Crippen LogP contribution in [0.4, 0.5) is 5.82 Å². The second kappa shape index (κ2) is 6.48. The van der Waals surface area contributed by atoms with Gasteiger partial charge in [0.1, 0.15) is 11.6 Å². The minimum Gasteiger partial charge on any atom is -0.355 e. The molecule has 2 aromatic heterocycles. The number of aryl methyl sites for hydroxylation is 1. The summed E-state index contributed by atoms with van der Waals surface area (Å²) in [6.45, 7) is 5.29. The van der Waals surface area contributed by atoms with Gasteiger partial charge in [-0.05, 0) is 43.4 Å². The van der Waals surface area contributed by atoms with Gasteiger partial charge in [0, 0.05) is 57.2 Å². The molecule has 0 bridgehead atoms. The van der Waals surface area contributed by atoms with Crippen molar-refractivity contribution in [3.8, 4) is 0 Å². The Balaban J connectivity index is 1.39. The Morgan fingerprint density at radius 3 is 2.92 bits per heavy atom. The zero-order chi connectivity index (χ0) is 16.5. The molecule has 2 aliphatic rings. The lowest BCUT2D eigenvalue weighted by Gasteiger charge is -2.26. The van der Waals surface area contributed by atoms with Crippen molar-refractivity contribution in [1.82, 2.24) is 19.9 Å². The molecule has 4 rings (SSSR count). The van der Waals surface area contributed by atoms with Crippen LogP contribution in [-0.2, 0) is 6.54 Å². The molecule has 0 N–H and O–H groups in total. The number of nitrogens with zero attached hydrogens (tertiary/aromatic N) is 5. The van der Waals surface area contributed by atoms with Crippen LogP contribution in [-0.4, -0.2) is 46.0 Å². The van der Waals surface area contributed by atoms with E-state index in [9.17, 15) is 0 Å². The highest BCUT2D eigenvalue weighted by atomic mass is 15.3. The number of rotatable bonds is 5. The van der Waals surface area contributed by atoms with Crippen molar-refractivity contribution in [2.24, 2.45) is 0 Å². The summed E-state index contributed by atoms with van der Waals surface area (Å²) in [6, 6.07) is 4.79. The Morgan fingerprint density at radius 1 is 1.25 bits per heavy atom. The summed E-state index contributed by atoms with van der Waals surface area (Å²) >= 11 is 0. The van der Waals surface area contributed by atoms with Crippen molar-refractivity contribution in [2.45, 2.75) is 44.7 Å². The number of pyridine rings is 1. The first-order valence-corrected chi connectivity index (χ1v) is 8.88. The highest BCUT2D eigenvalue weighted by molar-refractivity contribution is 5.39. The Bertz CT molecular complexity index is 712. The van der Waals surface area contributed by atoms with Crippen LogP contribution in [0.1, 0.15) is 42.1 Å². The quantitative estimate of drug-likeness (QED) is 0.846. The smallest absolute Gasteiger partial charge is 0.133 e. The molecule has 2 fully saturated rings. The van der Waals surface area contributed by atoms with Gasteiger partial charge in [-0.2, -0.15) is 0 Å². The molecule has 5 nitrogen and oxygen atoms in total. The molecule has 0 aromatic carbocycles. The van der Waals surface area contributed by atoms with Crippen LogP contribution >= 0.6 is 0 Å². The first kappa shape index (κ1) is 15.5. The van der Waals surface area contributed by atoms with Gasteiger partial charge >= 0.3 is 0 Å². The lowest BCUT2D eigenvalue weighted by atomic mass is 10.2. The summed E-state index contributed by atoms with van der Waals surface area (Å²) in [5, 5.41) is 0. The molecular weight excluding hydrogens is 298 g/mol. The van der Waals surface area contributed by atoms with Crippen LogP contribution < -0.4 is 4.90 Å². The summed E-state index contributed by atoms with van der Waals surface area (Å²) in [5.74, 6) is 2.70. The molecule has 1 saturated heterocycles. The largest absolute Gasteiger partial charge is 0.355 e. The number of aromatic nitrogens is 3. The molecular formula is C19H25N5. The van der Waals surface area contributed by atoms with E-state index in [4.69, 9.17) is 4.98 Å². The number of hydrogen-bond donors (Lipinski definition) is 0. The van der Waals surface area contributed by atoms with Gasteiger partial charge in [0.25, 0.3) is 0 Å². The van der Waals surface area contributed by atoms with Gasteiger partial charge in [-0.1, -0.05) is 6.07 Å². The summed E-state index contributed by atoms with van der Waals surface area (Å²) in [5.41, 5.74) is 2.53. The lowest BCUT2D eigenvalue weighted by Crippen LogP contribution is -2.35. The molecule has 1 unspecified atom stereocenters. The number of likely N-dealkylation sites (tertiary alicyclic amines) is 1. The van der Waals surface area contributed by atoms with E-state index in [1.165, 1.54) is 30.4 Å². The Morgan fingerprint density at radius 2 is 2.12 bits per heavy atom. The second-order valence-corrected chi connectivity index (χ2v) is 7.21. The highest BCUT2D eigenvalue weighted by Gasteiger charge is 2.29. The van der Waals surface area contributed by atoms with E-state index < -0.39 is 0 Å². The number of likely N-dealkylation sites (N-methyl/N-ethyl adjacent to an activating group) is 1. The SMILES string of the molecule is Cc1cncc(CN2CCC(N(C)c3ccnc(C4CC4)n3)C2)c1. The minimum absolute atomic E-state index is 0.518. The first-order chi connectivity index (χ1) is 11.7. The van der Waals surface area contributed by atoms with Crippen LogP contribution in [0.2, 0.25) is 0 Å². The summed E-state index contributed by atoms with van der Waals surface area (Å²) in [4.78, 5) is 18.4. The van der Waals surface area contributed by atoms with Crippen molar-refractivity contribution in [3.05, 3.63) is 47.7 Å². The zero-order valence-corrected chi connectivity index (χ0v) is 14.5. The molecule has 0 spiro atoms. The molecule has 24 heavy (non-hydrogen) atoms. The third-order valence-corrected chi connectivity index (χ3v) is 5.10. The lowest BCUT2D eigenvalue weighted by molar-refractivity contribution is 0.325. The van der Waals surface area contributed by atoms with E-state index in [1.807, 2.05) is 24.7 Å². The second-order valence-electron chi connectivity index (χ2n) is 7.21. The van der Waals surface area contributed by atoms with E-state index in [2.05, 4.69) is 39.8 Å². The third kappa shape index (κ3) is 3.41. The molecule has 2 aromatic rings. The minimum atomic E-state index is 0.518. The van der Waals surface area contributed by atoms with Crippen molar-refractivity contribution in [3.63, 3.8) is 0 Å². The highest BCUT2D eigenvalue weighted by Crippen LogP contribution is 2.38. The van der Waals surface area contributed by atoms with Crippen molar-refractivity contribution in [1.29, 1.82) is 0 Å². The standard InChI is InChI=1S/C19H25N5/c1-14-9-15(11-20-10-14)12-24-8-6-17(13-24)23(2)18-5-7-21-19(22-18)16-3-4-16/h5,7,9-11,16-17H,3-4,6,8,12-13H2,1-2H3. The fourth-order valence-electron chi connectivity index (χ4n) is 3.52. The average molecular weight is 323 g/mol. The van der Waals surface area contributed by atoms with Crippen LogP contribution in [0, 0.1) is 6.92 Å². The van der Waals surface area contributed by atoms with E-state index in [0.29, 0.717) is 12.0 Å². The van der Waals surface area contributed by atoms with E-state index in [1.54, 1.807) is 0 Å². The van der Waals surface area contributed by atoms with Crippen LogP contribution in [0.5, 0.6) is 0 Å². The van der Waals surface area contributed by atoms with Crippen molar-refractivity contribution >= 4 is 5.82 Å². The Kier molecular flexibility index (Phi) is 4.19. The molecule has 1 aliphatic heterocycles. The molecule has 5 heteroatoms. The van der Waals surface area contributed by atoms with Crippen LogP contribution in [0.15, 0.2) is 30.7 Å². The Labute approximate surface area is 143 Å². The first-order valence-electron chi connectivity index (χ1n) is 8.88. The van der Waals surface area contributed by atoms with Crippen molar-refractivity contribution < 1.29 is 0 Å². The van der Waals surface area contributed by atoms with Gasteiger partial charge in [-0.25, -0.2) is 9.97 Å². The van der Waals surface area contributed by atoms with Gasteiger partial charge < -0.3 is 4.90 Å². The zero-order valence-electron chi connectivity index (χ0n) is 14.5. The van der Waals surface area contributed by atoms with Crippen LogP contribution in [0.25, 0.3) is 0 Å². The van der Waals surface area contributed by atoms with Gasteiger partial charge in [-0.15, -0.1) is 0 Å². The van der Waals surface area contributed by atoms with Gasteiger partial charge in [0.2, 0.25) is 0 Å². The van der Waals surface area contributed by atoms with E-state index in [-0.39, 0.29) is 0 Å². The maximum atomic E-state index is 4.79. The van der Waals surface area contributed by atoms with Crippen molar-refractivity contribution in [2.75, 3.05) is 25.0 Å². The molecule has 0 amide bonds. The molecule has 1 saturated carbocycles. The summed E-state index contributed by atoms with van der Waals surface area (Å²) in [6.07, 6.45) is 9.48. The molecule has 1 aliphatic carbocycles. The maximum Gasteiger partial charge on any atom is 0.133 e. The number of anilines is 1. The normalized spacial score (nSPS) is 21.2. The molecule has 0 radical (unpaired) electrons. The Hall–Kier alpha value is -2.01. The molecule has 1 atom stereocenters. The predicted octanol–water partition coefficient (Wildman–Crippen LogP) is 2.77.